The van der Waals surface area contributed by atoms with Gasteiger partial charge in [-0.3, -0.25) is 0 Å². The van der Waals surface area contributed by atoms with E-state index in [0.29, 0.717) is 0 Å². The molecule has 0 amide bonds. The first-order chi connectivity index (χ1) is 5.81. The Morgan fingerprint density at radius 1 is 1.08 bits per heavy atom. The number of unbranched alkanes of at least 4 members (excludes halogenated alkanes) is 5. The number of rotatable bonds is 8. The van der Waals surface area contributed by atoms with Gasteiger partial charge in [0.25, 0.3) is 0 Å². The second-order valence-corrected chi connectivity index (χ2v) is 3.47. The van der Waals surface area contributed by atoms with Crippen LogP contribution in [0.5, 0.6) is 0 Å². The average molecular weight is 170 g/mol. The van der Waals surface area contributed by atoms with Crippen LogP contribution in [-0.2, 0) is 0 Å². The van der Waals surface area contributed by atoms with Gasteiger partial charge in [-0.2, -0.15) is 0 Å². The SMILES string of the molecule is CCCC[CH]CCCN(C)CC. The molecule has 0 spiro atoms. The molecule has 0 unspecified atom stereocenters. The van der Waals surface area contributed by atoms with E-state index >= 15 is 0 Å². The van der Waals surface area contributed by atoms with Gasteiger partial charge in [-0.15, -0.1) is 0 Å². The van der Waals surface area contributed by atoms with Crippen LogP contribution in [0.15, 0.2) is 0 Å². The molecule has 0 rings (SSSR count). The van der Waals surface area contributed by atoms with Crippen molar-refractivity contribution in [2.75, 3.05) is 20.1 Å². The maximum atomic E-state index is 2.44. The molecule has 1 radical (unpaired) electrons. The van der Waals surface area contributed by atoms with E-state index in [1.807, 2.05) is 0 Å². The van der Waals surface area contributed by atoms with Crippen LogP contribution in [0.2, 0.25) is 0 Å². The topological polar surface area (TPSA) is 3.24 Å². The summed E-state index contributed by atoms with van der Waals surface area (Å²) in [5.41, 5.74) is 0. The molecule has 1 nitrogen and oxygen atoms in total. The van der Waals surface area contributed by atoms with Gasteiger partial charge in [0.1, 0.15) is 0 Å². The molecule has 0 aromatic rings. The second kappa shape index (κ2) is 9.05. The second-order valence-electron chi connectivity index (χ2n) is 3.47. The normalized spacial score (nSPS) is 11.0. The van der Waals surface area contributed by atoms with E-state index in [9.17, 15) is 0 Å². The van der Waals surface area contributed by atoms with Crippen molar-refractivity contribution in [1.29, 1.82) is 0 Å². The summed E-state index contributed by atoms with van der Waals surface area (Å²) in [6, 6.07) is 0. The highest BCUT2D eigenvalue weighted by Gasteiger charge is 1.93. The lowest BCUT2D eigenvalue weighted by molar-refractivity contribution is 0.346. The molecule has 0 heterocycles. The van der Waals surface area contributed by atoms with E-state index in [1.54, 1.807) is 0 Å². The third-order valence-corrected chi connectivity index (χ3v) is 2.25. The van der Waals surface area contributed by atoms with Crippen LogP contribution in [0, 0.1) is 6.42 Å². The van der Waals surface area contributed by atoms with Gasteiger partial charge in [-0.1, -0.05) is 33.1 Å². The molecule has 12 heavy (non-hydrogen) atoms. The highest BCUT2D eigenvalue weighted by atomic mass is 15.1. The van der Waals surface area contributed by atoms with E-state index in [2.05, 4.69) is 32.2 Å². The number of nitrogens with zero attached hydrogens (tertiary/aromatic N) is 1. The quantitative estimate of drug-likeness (QED) is 0.506. The molecule has 0 saturated carbocycles. The smallest absolute Gasteiger partial charge is 0.00218 e. The van der Waals surface area contributed by atoms with E-state index in [4.69, 9.17) is 0 Å². The third kappa shape index (κ3) is 8.06. The van der Waals surface area contributed by atoms with Crippen molar-refractivity contribution >= 4 is 0 Å². The van der Waals surface area contributed by atoms with Gasteiger partial charge in [0.05, 0.1) is 0 Å². The average Bonchev–Trinajstić information content (AvgIpc) is 2.10. The van der Waals surface area contributed by atoms with Gasteiger partial charge < -0.3 is 4.90 Å². The third-order valence-electron chi connectivity index (χ3n) is 2.25. The Hall–Kier alpha value is -0.0400. The summed E-state index contributed by atoms with van der Waals surface area (Å²) in [5, 5.41) is 0. The van der Waals surface area contributed by atoms with Gasteiger partial charge in [0.2, 0.25) is 0 Å². The predicted molar refractivity (Wildman–Crippen MR) is 56.2 cm³/mol. The summed E-state index contributed by atoms with van der Waals surface area (Å²) in [4.78, 5) is 2.37. The zero-order valence-corrected chi connectivity index (χ0v) is 8.97. The lowest BCUT2D eigenvalue weighted by Gasteiger charge is -2.12. The molecule has 0 saturated heterocycles. The summed E-state index contributed by atoms with van der Waals surface area (Å²) in [5.74, 6) is 0. The first-order valence-corrected chi connectivity index (χ1v) is 5.31. The standard InChI is InChI=1S/C11H24N/c1-4-6-7-8-9-10-11-12(3)5-2/h8H,4-7,9-11H2,1-3H3. The van der Waals surface area contributed by atoms with Crippen LogP contribution in [0.4, 0.5) is 0 Å². The Morgan fingerprint density at radius 3 is 2.33 bits per heavy atom. The van der Waals surface area contributed by atoms with E-state index in [1.165, 1.54) is 45.2 Å². The Balaban J connectivity index is 2.90. The molecule has 0 aliphatic rings. The molecular formula is C11H24N. The Bertz CT molecular complexity index is 81.1. The Morgan fingerprint density at radius 2 is 1.75 bits per heavy atom. The van der Waals surface area contributed by atoms with Crippen LogP contribution in [0.3, 0.4) is 0 Å². The monoisotopic (exact) mass is 170 g/mol. The van der Waals surface area contributed by atoms with Crippen molar-refractivity contribution in [3.63, 3.8) is 0 Å². The fraction of sp³-hybridized carbons (Fsp3) is 0.909. The first kappa shape index (κ1) is 12.0. The zero-order chi connectivity index (χ0) is 9.23. The molecule has 73 valence electrons. The van der Waals surface area contributed by atoms with E-state index in [0.717, 1.165) is 0 Å². The summed E-state index contributed by atoms with van der Waals surface area (Å²) in [6.07, 6.45) is 9.06. The van der Waals surface area contributed by atoms with Crippen LogP contribution >= 0.6 is 0 Å². The maximum Gasteiger partial charge on any atom is -0.00218 e. The predicted octanol–water partition coefficient (Wildman–Crippen LogP) is 3.11. The van der Waals surface area contributed by atoms with E-state index in [-0.39, 0.29) is 0 Å². The number of hydrogen-bond donors (Lipinski definition) is 0. The summed E-state index contributed by atoms with van der Waals surface area (Å²) < 4.78 is 0. The minimum Gasteiger partial charge on any atom is -0.307 e. The van der Waals surface area contributed by atoms with E-state index < -0.39 is 0 Å². The number of hydrogen-bond acceptors (Lipinski definition) is 1. The van der Waals surface area contributed by atoms with Crippen LogP contribution in [0.1, 0.15) is 46.0 Å². The molecule has 0 fully saturated rings. The van der Waals surface area contributed by atoms with Gasteiger partial charge in [-0.05, 0) is 39.4 Å². The highest BCUT2D eigenvalue weighted by molar-refractivity contribution is 4.64. The fourth-order valence-electron chi connectivity index (χ4n) is 1.16. The molecule has 0 aliphatic heterocycles. The minimum absolute atomic E-state index is 1.18. The van der Waals surface area contributed by atoms with Gasteiger partial charge in [0, 0.05) is 0 Å². The minimum atomic E-state index is 1.18. The van der Waals surface area contributed by atoms with Crippen LogP contribution in [-0.4, -0.2) is 25.0 Å². The summed E-state index contributed by atoms with van der Waals surface area (Å²) in [7, 11) is 2.19. The molecular weight excluding hydrogens is 146 g/mol. The summed E-state index contributed by atoms with van der Waals surface area (Å²) in [6.45, 7) is 6.88. The largest absolute Gasteiger partial charge is 0.307 e. The molecule has 0 bridgehead atoms. The molecule has 1 heteroatoms. The van der Waals surface area contributed by atoms with Crippen molar-refractivity contribution in [1.82, 2.24) is 4.90 Å². The Labute approximate surface area is 78.1 Å². The molecule has 0 aliphatic carbocycles. The highest BCUT2D eigenvalue weighted by Crippen LogP contribution is 2.03. The van der Waals surface area contributed by atoms with Crippen LogP contribution in [0.25, 0.3) is 0 Å². The van der Waals surface area contributed by atoms with Gasteiger partial charge >= 0.3 is 0 Å². The van der Waals surface area contributed by atoms with Crippen molar-refractivity contribution in [3.05, 3.63) is 6.42 Å². The molecule has 0 aromatic carbocycles. The molecule has 0 aromatic heterocycles. The zero-order valence-electron chi connectivity index (χ0n) is 8.97. The van der Waals surface area contributed by atoms with Gasteiger partial charge in [0.15, 0.2) is 0 Å². The van der Waals surface area contributed by atoms with Crippen LogP contribution < -0.4 is 0 Å². The lowest BCUT2D eigenvalue weighted by atomic mass is 10.1. The first-order valence-electron chi connectivity index (χ1n) is 5.31. The lowest BCUT2D eigenvalue weighted by Crippen LogP contribution is -2.18. The molecule has 0 N–H and O–H groups in total. The van der Waals surface area contributed by atoms with Crippen molar-refractivity contribution in [2.45, 2.75) is 46.0 Å². The van der Waals surface area contributed by atoms with Crippen molar-refractivity contribution < 1.29 is 0 Å². The molecule has 0 atom stereocenters. The van der Waals surface area contributed by atoms with Crippen molar-refractivity contribution in [3.8, 4) is 0 Å². The Kier molecular flexibility index (Phi) is 9.02. The summed E-state index contributed by atoms with van der Waals surface area (Å²) >= 11 is 0. The van der Waals surface area contributed by atoms with Gasteiger partial charge in [-0.25, -0.2) is 0 Å². The fourth-order valence-corrected chi connectivity index (χ4v) is 1.16. The maximum absolute atomic E-state index is 2.44. The van der Waals surface area contributed by atoms with Crippen molar-refractivity contribution in [2.24, 2.45) is 0 Å².